The van der Waals surface area contributed by atoms with Crippen molar-refractivity contribution in [2.45, 2.75) is 25.5 Å². The van der Waals surface area contributed by atoms with E-state index in [1.54, 1.807) is 12.3 Å². The van der Waals surface area contributed by atoms with E-state index < -0.39 is 0 Å². The molecule has 126 valence electrons. The van der Waals surface area contributed by atoms with Crippen LogP contribution >= 0.6 is 11.6 Å². The molecule has 24 heavy (non-hydrogen) atoms. The number of ether oxygens (including phenoxy) is 2. The first-order chi connectivity index (χ1) is 11.7. The van der Waals surface area contributed by atoms with Crippen LogP contribution < -0.4 is 10.1 Å². The third kappa shape index (κ3) is 4.43. The van der Waals surface area contributed by atoms with Crippen LogP contribution in [0.25, 0.3) is 0 Å². The third-order valence-corrected chi connectivity index (χ3v) is 3.94. The molecule has 0 unspecified atom stereocenters. The third-order valence-electron chi connectivity index (χ3n) is 3.67. The van der Waals surface area contributed by atoms with Crippen LogP contribution in [-0.4, -0.2) is 35.2 Å². The van der Waals surface area contributed by atoms with Gasteiger partial charge in [-0.3, -0.25) is 9.78 Å². The van der Waals surface area contributed by atoms with Crippen molar-refractivity contribution < 1.29 is 14.3 Å². The summed E-state index contributed by atoms with van der Waals surface area (Å²) in [6, 6.07) is 7.11. The van der Waals surface area contributed by atoms with Crippen molar-refractivity contribution in [1.29, 1.82) is 0 Å². The Morgan fingerprint density at radius 2 is 2.17 bits per heavy atom. The van der Waals surface area contributed by atoms with Gasteiger partial charge in [0.05, 0.1) is 31.0 Å². The lowest BCUT2D eigenvalue weighted by molar-refractivity contribution is 0.0238. The number of carbonyl (C=O) groups is 1. The van der Waals surface area contributed by atoms with Gasteiger partial charge in [0.2, 0.25) is 5.88 Å². The smallest absolute Gasteiger partial charge is 0.253 e. The summed E-state index contributed by atoms with van der Waals surface area (Å²) in [5.41, 5.74) is 1.17. The maximum absolute atomic E-state index is 12.2. The summed E-state index contributed by atoms with van der Waals surface area (Å²) in [6.07, 6.45) is 4.82. The maximum atomic E-state index is 12.2. The van der Waals surface area contributed by atoms with Crippen molar-refractivity contribution in [3.63, 3.8) is 0 Å². The molecule has 1 N–H and O–H groups in total. The molecular formula is C17H18ClN3O3. The molecule has 0 spiro atoms. The minimum atomic E-state index is -0.257. The molecule has 1 fully saturated rings. The molecular weight excluding hydrogens is 330 g/mol. The van der Waals surface area contributed by atoms with Crippen molar-refractivity contribution in [2.24, 2.45) is 0 Å². The van der Waals surface area contributed by atoms with Crippen LogP contribution in [-0.2, 0) is 11.3 Å². The predicted octanol–water partition coefficient (Wildman–Crippen LogP) is 2.62. The Morgan fingerprint density at radius 3 is 2.88 bits per heavy atom. The average Bonchev–Trinajstić information content (AvgIpc) is 2.63. The molecule has 2 aromatic heterocycles. The first-order valence-electron chi connectivity index (χ1n) is 7.80. The molecule has 3 heterocycles. The van der Waals surface area contributed by atoms with Gasteiger partial charge in [-0.15, -0.1) is 0 Å². The fraction of sp³-hybridized carbons (Fsp3) is 0.353. The van der Waals surface area contributed by atoms with E-state index in [0.717, 1.165) is 18.5 Å². The number of carbonyl (C=O) groups excluding carboxylic acids is 1. The molecule has 0 bridgehead atoms. The zero-order valence-corrected chi connectivity index (χ0v) is 13.8. The summed E-state index contributed by atoms with van der Waals surface area (Å²) in [6.45, 7) is 1.70. The van der Waals surface area contributed by atoms with E-state index in [9.17, 15) is 4.79 Å². The van der Waals surface area contributed by atoms with E-state index in [-0.39, 0.29) is 12.0 Å². The second-order valence-electron chi connectivity index (χ2n) is 5.44. The number of pyridine rings is 2. The standard InChI is InChI=1S/C17H18ClN3O3/c18-15-9-12(16(22)20-11-13-3-1-2-6-19-13)10-21-17(15)24-14-4-7-23-8-5-14/h1-3,6,9-10,14H,4-5,7-8,11H2,(H,20,22). The molecule has 1 aliphatic heterocycles. The fourth-order valence-electron chi connectivity index (χ4n) is 2.36. The number of nitrogens with zero attached hydrogens (tertiary/aromatic N) is 2. The summed E-state index contributed by atoms with van der Waals surface area (Å²) in [4.78, 5) is 20.5. The van der Waals surface area contributed by atoms with E-state index in [0.29, 0.717) is 36.2 Å². The molecule has 1 amide bonds. The van der Waals surface area contributed by atoms with Crippen molar-refractivity contribution in [3.05, 3.63) is 52.9 Å². The minimum absolute atomic E-state index is 0.0487. The number of halogens is 1. The second kappa shape index (κ2) is 8.08. The molecule has 2 aromatic rings. The van der Waals surface area contributed by atoms with Gasteiger partial charge in [-0.25, -0.2) is 4.98 Å². The first kappa shape index (κ1) is 16.7. The number of hydrogen-bond acceptors (Lipinski definition) is 5. The van der Waals surface area contributed by atoms with Crippen LogP contribution in [0.4, 0.5) is 0 Å². The molecule has 6 nitrogen and oxygen atoms in total. The van der Waals surface area contributed by atoms with Gasteiger partial charge in [0, 0.05) is 25.2 Å². The SMILES string of the molecule is O=C(NCc1ccccn1)c1cnc(OC2CCOCC2)c(Cl)c1. The highest BCUT2D eigenvalue weighted by molar-refractivity contribution is 6.32. The fourth-order valence-corrected chi connectivity index (χ4v) is 2.57. The van der Waals surface area contributed by atoms with Gasteiger partial charge in [0.1, 0.15) is 11.1 Å². The minimum Gasteiger partial charge on any atom is -0.473 e. The highest BCUT2D eigenvalue weighted by Crippen LogP contribution is 2.25. The highest BCUT2D eigenvalue weighted by atomic mass is 35.5. The van der Waals surface area contributed by atoms with Gasteiger partial charge >= 0.3 is 0 Å². The van der Waals surface area contributed by atoms with Gasteiger partial charge in [-0.05, 0) is 18.2 Å². The lowest BCUT2D eigenvalue weighted by Gasteiger charge is -2.23. The van der Waals surface area contributed by atoms with Crippen molar-refractivity contribution >= 4 is 17.5 Å². The lowest BCUT2D eigenvalue weighted by Crippen LogP contribution is -2.26. The summed E-state index contributed by atoms with van der Waals surface area (Å²) in [5, 5.41) is 3.11. The van der Waals surface area contributed by atoms with Crippen LogP contribution in [0, 0.1) is 0 Å². The molecule has 0 aromatic carbocycles. The molecule has 0 atom stereocenters. The molecule has 3 rings (SSSR count). The summed E-state index contributed by atoms with van der Waals surface area (Å²) < 4.78 is 11.1. The van der Waals surface area contributed by atoms with E-state index in [2.05, 4.69) is 15.3 Å². The topological polar surface area (TPSA) is 73.3 Å². The van der Waals surface area contributed by atoms with Crippen molar-refractivity contribution in [3.8, 4) is 5.88 Å². The Bertz CT molecular complexity index is 691. The Morgan fingerprint density at radius 1 is 1.33 bits per heavy atom. The quantitative estimate of drug-likeness (QED) is 0.900. The van der Waals surface area contributed by atoms with Gasteiger partial charge < -0.3 is 14.8 Å². The molecule has 7 heteroatoms. The number of hydrogen-bond donors (Lipinski definition) is 1. The Kier molecular flexibility index (Phi) is 5.61. The number of aromatic nitrogens is 2. The number of nitrogens with one attached hydrogen (secondary N) is 1. The Balaban J connectivity index is 1.59. The molecule has 0 radical (unpaired) electrons. The average molecular weight is 348 g/mol. The zero-order valence-electron chi connectivity index (χ0n) is 13.1. The zero-order chi connectivity index (χ0) is 16.8. The Labute approximate surface area is 145 Å². The first-order valence-corrected chi connectivity index (χ1v) is 8.18. The van der Waals surface area contributed by atoms with E-state index in [1.165, 1.54) is 6.20 Å². The summed E-state index contributed by atoms with van der Waals surface area (Å²) in [7, 11) is 0. The van der Waals surface area contributed by atoms with Crippen LogP contribution in [0.2, 0.25) is 5.02 Å². The van der Waals surface area contributed by atoms with E-state index >= 15 is 0 Å². The van der Waals surface area contributed by atoms with Gasteiger partial charge in [0.25, 0.3) is 5.91 Å². The van der Waals surface area contributed by atoms with Crippen molar-refractivity contribution in [1.82, 2.24) is 15.3 Å². The monoisotopic (exact) mass is 347 g/mol. The predicted molar refractivity (Wildman–Crippen MR) is 89.1 cm³/mol. The number of amides is 1. The van der Waals surface area contributed by atoms with Crippen molar-refractivity contribution in [2.75, 3.05) is 13.2 Å². The van der Waals surface area contributed by atoms with Crippen LogP contribution in [0.15, 0.2) is 36.7 Å². The maximum Gasteiger partial charge on any atom is 0.253 e. The highest BCUT2D eigenvalue weighted by Gasteiger charge is 2.18. The molecule has 0 saturated carbocycles. The lowest BCUT2D eigenvalue weighted by atomic mass is 10.1. The summed E-state index contributed by atoms with van der Waals surface area (Å²) >= 11 is 6.20. The molecule has 0 aliphatic carbocycles. The van der Waals surface area contributed by atoms with Crippen LogP contribution in [0.5, 0.6) is 5.88 Å². The Hall–Kier alpha value is -2.18. The van der Waals surface area contributed by atoms with Crippen LogP contribution in [0.1, 0.15) is 28.9 Å². The normalized spacial score (nSPS) is 15.0. The number of rotatable bonds is 5. The van der Waals surface area contributed by atoms with Gasteiger partial charge in [0.15, 0.2) is 0 Å². The summed E-state index contributed by atoms with van der Waals surface area (Å²) in [5.74, 6) is 0.0949. The van der Waals surface area contributed by atoms with E-state index in [1.807, 2.05) is 18.2 Å². The van der Waals surface area contributed by atoms with E-state index in [4.69, 9.17) is 21.1 Å². The van der Waals surface area contributed by atoms with Gasteiger partial charge in [-0.2, -0.15) is 0 Å². The van der Waals surface area contributed by atoms with Gasteiger partial charge in [-0.1, -0.05) is 17.7 Å². The largest absolute Gasteiger partial charge is 0.473 e. The molecule has 1 aliphatic rings. The second-order valence-corrected chi connectivity index (χ2v) is 5.85. The van der Waals surface area contributed by atoms with Crippen LogP contribution in [0.3, 0.4) is 0 Å². The molecule has 1 saturated heterocycles.